The van der Waals surface area contributed by atoms with Crippen LogP contribution in [0.4, 0.5) is 5.69 Å². The van der Waals surface area contributed by atoms with Gasteiger partial charge in [0.15, 0.2) is 5.69 Å². The monoisotopic (exact) mass is 225 g/mol. The molecule has 0 bridgehead atoms. The van der Waals surface area contributed by atoms with Gasteiger partial charge in [0.05, 0.1) is 12.3 Å². The van der Waals surface area contributed by atoms with Crippen LogP contribution in [0.3, 0.4) is 0 Å². The lowest BCUT2D eigenvalue weighted by atomic mass is 10.2. The largest absolute Gasteiger partial charge is 0.461 e. The maximum atomic E-state index is 11.5. The number of nitrogens with zero attached hydrogens (tertiary/aromatic N) is 2. The zero-order valence-corrected chi connectivity index (χ0v) is 9.90. The fourth-order valence-corrected chi connectivity index (χ4v) is 1.43. The summed E-state index contributed by atoms with van der Waals surface area (Å²) >= 11 is 0. The first kappa shape index (κ1) is 12.5. The third-order valence-corrected chi connectivity index (χ3v) is 2.28. The van der Waals surface area contributed by atoms with E-state index in [2.05, 4.69) is 12.0 Å². The van der Waals surface area contributed by atoms with Crippen molar-refractivity contribution in [1.29, 1.82) is 0 Å². The fourth-order valence-electron chi connectivity index (χ4n) is 1.43. The molecule has 90 valence electrons. The number of carbonyl (C=O) groups excluding carboxylic acids is 1. The highest BCUT2D eigenvalue weighted by Gasteiger charge is 2.14. The number of carbonyl (C=O) groups is 1. The quantitative estimate of drug-likeness (QED) is 0.591. The van der Waals surface area contributed by atoms with Crippen molar-refractivity contribution in [3.05, 3.63) is 11.9 Å². The van der Waals surface area contributed by atoms with E-state index in [1.165, 1.54) is 17.5 Å². The molecule has 0 saturated heterocycles. The standard InChI is InChI=1S/C11H19N3O2/c1-3-4-5-6-7-16-11(15)10-9(12)8-14(2)13-10/h8H,3-7,12H2,1-2H3. The molecule has 16 heavy (non-hydrogen) atoms. The highest BCUT2D eigenvalue weighted by molar-refractivity contribution is 5.92. The number of ether oxygens (including phenoxy) is 1. The minimum Gasteiger partial charge on any atom is -0.461 e. The van der Waals surface area contributed by atoms with E-state index in [0.717, 1.165) is 12.8 Å². The van der Waals surface area contributed by atoms with Crippen LogP contribution in [-0.2, 0) is 11.8 Å². The van der Waals surface area contributed by atoms with Gasteiger partial charge in [-0.2, -0.15) is 5.10 Å². The third-order valence-electron chi connectivity index (χ3n) is 2.28. The van der Waals surface area contributed by atoms with E-state index in [1.54, 1.807) is 13.2 Å². The van der Waals surface area contributed by atoms with E-state index in [1.807, 2.05) is 0 Å². The first-order valence-corrected chi connectivity index (χ1v) is 5.61. The molecule has 0 unspecified atom stereocenters. The molecule has 1 heterocycles. The minimum atomic E-state index is -0.436. The highest BCUT2D eigenvalue weighted by atomic mass is 16.5. The molecule has 0 aromatic carbocycles. The van der Waals surface area contributed by atoms with Gasteiger partial charge in [-0.25, -0.2) is 4.79 Å². The van der Waals surface area contributed by atoms with Gasteiger partial charge >= 0.3 is 5.97 Å². The number of anilines is 1. The van der Waals surface area contributed by atoms with Gasteiger partial charge in [-0.05, 0) is 6.42 Å². The molecule has 5 heteroatoms. The molecular weight excluding hydrogens is 206 g/mol. The molecule has 0 spiro atoms. The number of aryl methyl sites for hydroxylation is 1. The van der Waals surface area contributed by atoms with Crippen molar-refractivity contribution < 1.29 is 9.53 Å². The van der Waals surface area contributed by atoms with Gasteiger partial charge in [0.2, 0.25) is 0 Å². The van der Waals surface area contributed by atoms with Crippen molar-refractivity contribution in [2.75, 3.05) is 12.3 Å². The fraction of sp³-hybridized carbons (Fsp3) is 0.636. The maximum Gasteiger partial charge on any atom is 0.361 e. The first-order valence-electron chi connectivity index (χ1n) is 5.61. The Hall–Kier alpha value is -1.52. The Morgan fingerprint density at radius 2 is 2.25 bits per heavy atom. The summed E-state index contributed by atoms with van der Waals surface area (Å²) < 4.78 is 6.58. The molecule has 5 nitrogen and oxygen atoms in total. The lowest BCUT2D eigenvalue weighted by molar-refractivity contribution is 0.0491. The van der Waals surface area contributed by atoms with Gasteiger partial charge in [-0.1, -0.05) is 26.2 Å². The van der Waals surface area contributed by atoms with E-state index in [0.29, 0.717) is 12.3 Å². The van der Waals surface area contributed by atoms with Gasteiger partial charge in [0.1, 0.15) is 0 Å². The molecule has 0 amide bonds. The number of esters is 1. The highest BCUT2D eigenvalue weighted by Crippen LogP contribution is 2.10. The summed E-state index contributed by atoms with van der Waals surface area (Å²) in [7, 11) is 1.72. The van der Waals surface area contributed by atoms with Gasteiger partial charge in [-0.3, -0.25) is 4.68 Å². The van der Waals surface area contributed by atoms with Gasteiger partial charge in [0.25, 0.3) is 0 Å². The molecule has 0 atom stereocenters. The average molecular weight is 225 g/mol. The number of nitrogens with two attached hydrogens (primary N) is 1. The van der Waals surface area contributed by atoms with Crippen LogP contribution in [0.15, 0.2) is 6.20 Å². The average Bonchev–Trinajstić information content (AvgIpc) is 2.57. The van der Waals surface area contributed by atoms with Gasteiger partial charge < -0.3 is 10.5 Å². The number of hydrogen-bond donors (Lipinski definition) is 1. The van der Waals surface area contributed by atoms with E-state index >= 15 is 0 Å². The molecule has 0 aliphatic rings. The smallest absolute Gasteiger partial charge is 0.361 e. The zero-order chi connectivity index (χ0) is 12.0. The van der Waals surface area contributed by atoms with E-state index in [-0.39, 0.29) is 5.69 Å². The van der Waals surface area contributed by atoms with Crippen LogP contribution in [-0.4, -0.2) is 22.4 Å². The molecule has 2 N–H and O–H groups in total. The Bertz CT molecular complexity index is 347. The number of rotatable bonds is 6. The minimum absolute atomic E-state index is 0.206. The second-order valence-corrected chi connectivity index (χ2v) is 3.80. The van der Waals surface area contributed by atoms with Gasteiger partial charge in [-0.15, -0.1) is 0 Å². The number of hydrogen-bond acceptors (Lipinski definition) is 4. The summed E-state index contributed by atoms with van der Waals surface area (Å²) in [6.45, 7) is 2.58. The van der Waals surface area contributed by atoms with Crippen LogP contribution in [0.1, 0.15) is 43.1 Å². The first-order chi connectivity index (χ1) is 7.65. The SMILES string of the molecule is CCCCCCOC(=O)c1nn(C)cc1N. The molecule has 0 aliphatic carbocycles. The summed E-state index contributed by atoms with van der Waals surface area (Å²) in [5.41, 5.74) is 6.18. The Morgan fingerprint density at radius 1 is 1.50 bits per heavy atom. The Morgan fingerprint density at radius 3 is 2.81 bits per heavy atom. The van der Waals surface area contributed by atoms with Crippen LogP contribution in [0.2, 0.25) is 0 Å². The number of aromatic nitrogens is 2. The molecule has 1 rings (SSSR count). The molecule has 0 saturated carbocycles. The van der Waals surface area contributed by atoms with E-state index in [4.69, 9.17) is 10.5 Å². The Labute approximate surface area is 95.6 Å². The van der Waals surface area contributed by atoms with Gasteiger partial charge in [0, 0.05) is 13.2 Å². The van der Waals surface area contributed by atoms with Crippen molar-refractivity contribution >= 4 is 11.7 Å². The van der Waals surface area contributed by atoms with E-state index in [9.17, 15) is 4.79 Å². The Balaban J connectivity index is 2.33. The molecule has 0 aliphatic heterocycles. The van der Waals surface area contributed by atoms with Crippen molar-refractivity contribution in [1.82, 2.24) is 9.78 Å². The van der Waals surface area contributed by atoms with E-state index < -0.39 is 5.97 Å². The number of nitrogen functional groups attached to an aromatic ring is 1. The van der Waals surface area contributed by atoms with Crippen LogP contribution in [0.5, 0.6) is 0 Å². The lowest BCUT2D eigenvalue weighted by Gasteiger charge is -2.02. The molecule has 0 fully saturated rings. The van der Waals surface area contributed by atoms with Crippen LogP contribution in [0, 0.1) is 0 Å². The van der Waals surface area contributed by atoms with Crippen LogP contribution in [0.25, 0.3) is 0 Å². The van der Waals surface area contributed by atoms with Crippen molar-refractivity contribution in [2.45, 2.75) is 32.6 Å². The van der Waals surface area contributed by atoms with Crippen molar-refractivity contribution in [2.24, 2.45) is 7.05 Å². The Kier molecular flexibility index (Phi) is 4.82. The zero-order valence-electron chi connectivity index (χ0n) is 9.90. The lowest BCUT2D eigenvalue weighted by Crippen LogP contribution is -2.09. The van der Waals surface area contributed by atoms with Crippen molar-refractivity contribution in [3.8, 4) is 0 Å². The number of unbranched alkanes of at least 4 members (excludes halogenated alkanes) is 3. The topological polar surface area (TPSA) is 70.1 Å². The summed E-state index contributed by atoms with van der Waals surface area (Å²) in [6.07, 6.45) is 5.91. The predicted octanol–water partition coefficient (Wildman–Crippen LogP) is 1.74. The molecular formula is C11H19N3O2. The second-order valence-electron chi connectivity index (χ2n) is 3.80. The van der Waals surface area contributed by atoms with Crippen LogP contribution < -0.4 is 5.73 Å². The van der Waals surface area contributed by atoms with Crippen molar-refractivity contribution in [3.63, 3.8) is 0 Å². The maximum absolute atomic E-state index is 11.5. The summed E-state index contributed by atoms with van der Waals surface area (Å²) in [6, 6.07) is 0. The normalized spacial score (nSPS) is 10.4. The molecule has 0 radical (unpaired) electrons. The summed E-state index contributed by atoms with van der Waals surface area (Å²) in [4.78, 5) is 11.5. The second kappa shape index (κ2) is 6.15. The third kappa shape index (κ3) is 3.56. The molecule has 1 aromatic heterocycles. The predicted molar refractivity (Wildman–Crippen MR) is 62.0 cm³/mol. The van der Waals surface area contributed by atoms with Crippen LogP contribution >= 0.6 is 0 Å². The molecule has 1 aromatic rings. The summed E-state index contributed by atoms with van der Waals surface area (Å²) in [5.74, 6) is -0.436. The summed E-state index contributed by atoms with van der Waals surface area (Å²) in [5, 5.41) is 3.94.